The molecule has 1 amide bonds. The SMILES string of the molecule is Cc1ccc(NC(=O)/C(C#N)=C\NCc2ccc(C(=O)O)cc2)cc1. The van der Waals surface area contributed by atoms with E-state index in [1.165, 1.54) is 18.3 Å². The smallest absolute Gasteiger partial charge is 0.335 e. The third kappa shape index (κ3) is 5.22. The second-order valence-electron chi connectivity index (χ2n) is 5.37. The molecule has 0 aliphatic rings. The molecule has 0 bridgehead atoms. The highest BCUT2D eigenvalue weighted by molar-refractivity contribution is 6.06. The number of benzene rings is 2. The van der Waals surface area contributed by atoms with Gasteiger partial charge < -0.3 is 15.7 Å². The Bertz CT molecular complexity index is 832. The maximum atomic E-state index is 12.1. The van der Waals surface area contributed by atoms with E-state index in [0.29, 0.717) is 12.2 Å². The summed E-state index contributed by atoms with van der Waals surface area (Å²) in [6.07, 6.45) is 1.34. The van der Waals surface area contributed by atoms with Crippen LogP contribution >= 0.6 is 0 Å². The molecule has 0 saturated heterocycles. The molecule has 3 N–H and O–H groups in total. The summed E-state index contributed by atoms with van der Waals surface area (Å²) in [6.45, 7) is 2.31. The number of carboxylic acids is 1. The first-order valence-corrected chi connectivity index (χ1v) is 7.53. The van der Waals surface area contributed by atoms with Crippen molar-refractivity contribution in [1.82, 2.24) is 5.32 Å². The average molecular weight is 335 g/mol. The molecule has 0 heterocycles. The van der Waals surface area contributed by atoms with Crippen LogP contribution in [-0.2, 0) is 11.3 Å². The molecule has 0 aromatic heterocycles. The molecule has 0 aliphatic carbocycles. The molecule has 0 spiro atoms. The predicted molar refractivity (Wildman–Crippen MR) is 93.7 cm³/mol. The summed E-state index contributed by atoms with van der Waals surface area (Å²) in [6, 6.07) is 15.4. The Morgan fingerprint density at radius 2 is 1.76 bits per heavy atom. The van der Waals surface area contributed by atoms with Gasteiger partial charge in [0.05, 0.1) is 5.56 Å². The molecule has 6 nitrogen and oxygen atoms in total. The number of aryl methyl sites for hydroxylation is 1. The Kier molecular flexibility index (Phi) is 5.91. The van der Waals surface area contributed by atoms with Crippen LogP contribution in [0.3, 0.4) is 0 Å². The van der Waals surface area contributed by atoms with Gasteiger partial charge in [-0.3, -0.25) is 4.79 Å². The second-order valence-corrected chi connectivity index (χ2v) is 5.37. The quantitative estimate of drug-likeness (QED) is 0.556. The maximum absolute atomic E-state index is 12.1. The number of rotatable bonds is 6. The van der Waals surface area contributed by atoms with E-state index in [9.17, 15) is 9.59 Å². The maximum Gasteiger partial charge on any atom is 0.335 e. The first kappa shape index (κ1) is 17.8. The number of carbonyl (C=O) groups excluding carboxylic acids is 1. The molecule has 0 saturated carbocycles. The predicted octanol–water partition coefficient (Wildman–Crippen LogP) is 2.83. The largest absolute Gasteiger partial charge is 0.478 e. The molecule has 126 valence electrons. The number of amides is 1. The first-order valence-electron chi connectivity index (χ1n) is 7.53. The lowest BCUT2D eigenvalue weighted by molar-refractivity contribution is -0.112. The second kappa shape index (κ2) is 8.31. The third-order valence-corrected chi connectivity index (χ3v) is 3.43. The number of nitrogens with one attached hydrogen (secondary N) is 2. The zero-order valence-electron chi connectivity index (χ0n) is 13.6. The van der Waals surface area contributed by atoms with Crippen LogP contribution in [0.1, 0.15) is 21.5 Å². The van der Waals surface area contributed by atoms with Crippen molar-refractivity contribution in [2.75, 3.05) is 5.32 Å². The standard InChI is InChI=1S/C19H17N3O3/c1-13-2-8-17(9-3-13)22-18(23)16(10-20)12-21-11-14-4-6-15(7-5-14)19(24)25/h2-9,12,21H,11H2,1H3,(H,22,23)(H,24,25)/b16-12-. The van der Waals surface area contributed by atoms with Crippen LogP contribution in [0.4, 0.5) is 5.69 Å². The van der Waals surface area contributed by atoms with Crippen LogP contribution in [0.15, 0.2) is 60.3 Å². The van der Waals surface area contributed by atoms with Crippen molar-refractivity contribution in [2.45, 2.75) is 13.5 Å². The Labute approximate surface area is 145 Å². The molecule has 0 unspecified atom stereocenters. The molecular formula is C19H17N3O3. The Morgan fingerprint density at radius 1 is 1.12 bits per heavy atom. The molecule has 25 heavy (non-hydrogen) atoms. The average Bonchev–Trinajstić information content (AvgIpc) is 2.61. The summed E-state index contributed by atoms with van der Waals surface area (Å²) in [5, 5.41) is 23.5. The zero-order chi connectivity index (χ0) is 18.2. The molecule has 2 aromatic rings. The summed E-state index contributed by atoms with van der Waals surface area (Å²) in [5.74, 6) is -1.49. The van der Waals surface area contributed by atoms with Crippen LogP contribution in [-0.4, -0.2) is 17.0 Å². The van der Waals surface area contributed by atoms with E-state index in [-0.39, 0.29) is 11.1 Å². The number of hydrogen-bond acceptors (Lipinski definition) is 4. The van der Waals surface area contributed by atoms with Gasteiger partial charge in [-0.05, 0) is 36.8 Å². The normalized spacial score (nSPS) is 10.6. The van der Waals surface area contributed by atoms with Gasteiger partial charge in [0.15, 0.2) is 0 Å². The number of anilines is 1. The minimum absolute atomic E-state index is 0.0530. The highest BCUT2D eigenvalue weighted by Gasteiger charge is 2.09. The van der Waals surface area contributed by atoms with Crippen molar-refractivity contribution in [1.29, 1.82) is 5.26 Å². The van der Waals surface area contributed by atoms with Gasteiger partial charge in [0.25, 0.3) is 5.91 Å². The number of nitrogens with zero attached hydrogens (tertiary/aromatic N) is 1. The van der Waals surface area contributed by atoms with Gasteiger partial charge in [0.1, 0.15) is 11.6 Å². The summed E-state index contributed by atoms with van der Waals surface area (Å²) in [5.41, 5.74) is 2.67. The highest BCUT2D eigenvalue weighted by atomic mass is 16.4. The lowest BCUT2D eigenvalue weighted by Gasteiger charge is -2.06. The Balaban J connectivity index is 1.95. The van der Waals surface area contributed by atoms with Gasteiger partial charge in [-0.25, -0.2) is 4.79 Å². The number of hydrogen-bond donors (Lipinski definition) is 3. The molecule has 2 rings (SSSR count). The minimum Gasteiger partial charge on any atom is -0.478 e. The van der Waals surface area contributed by atoms with Crippen molar-refractivity contribution in [2.24, 2.45) is 0 Å². The van der Waals surface area contributed by atoms with Crippen molar-refractivity contribution >= 4 is 17.6 Å². The fraction of sp³-hybridized carbons (Fsp3) is 0.105. The van der Waals surface area contributed by atoms with Gasteiger partial charge in [-0.15, -0.1) is 0 Å². The third-order valence-electron chi connectivity index (χ3n) is 3.43. The van der Waals surface area contributed by atoms with E-state index >= 15 is 0 Å². The molecular weight excluding hydrogens is 318 g/mol. The number of carbonyl (C=O) groups is 2. The highest BCUT2D eigenvalue weighted by Crippen LogP contribution is 2.10. The summed E-state index contributed by atoms with van der Waals surface area (Å²) in [4.78, 5) is 22.9. The van der Waals surface area contributed by atoms with Crippen molar-refractivity contribution in [3.8, 4) is 6.07 Å². The van der Waals surface area contributed by atoms with E-state index in [0.717, 1.165) is 11.1 Å². The number of nitriles is 1. The summed E-state index contributed by atoms with van der Waals surface area (Å²) >= 11 is 0. The van der Waals surface area contributed by atoms with E-state index in [2.05, 4.69) is 10.6 Å². The zero-order valence-corrected chi connectivity index (χ0v) is 13.6. The Hall–Kier alpha value is -3.59. The van der Waals surface area contributed by atoms with E-state index < -0.39 is 11.9 Å². The number of carboxylic acid groups (broad SMARTS) is 1. The van der Waals surface area contributed by atoms with E-state index in [1.807, 2.05) is 25.1 Å². The van der Waals surface area contributed by atoms with Gasteiger partial charge in [-0.2, -0.15) is 5.26 Å². The molecule has 0 fully saturated rings. The summed E-state index contributed by atoms with van der Waals surface area (Å²) < 4.78 is 0. The first-order chi connectivity index (χ1) is 12.0. The van der Waals surface area contributed by atoms with Crippen molar-refractivity contribution in [3.05, 3.63) is 77.0 Å². The fourth-order valence-electron chi connectivity index (χ4n) is 2.02. The van der Waals surface area contributed by atoms with Crippen LogP contribution in [0.25, 0.3) is 0 Å². The topological polar surface area (TPSA) is 102 Å². The van der Waals surface area contributed by atoms with Gasteiger partial charge in [0.2, 0.25) is 0 Å². The molecule has 0 aliphatic heterocycles. The number of aromatic carboxylic acids is 1. The fourth-order valence-corrected chi connectivity index (χ4v) is 2.02. The monoisotopic (exact) mass is 335 g/mol. The molecule has 2 aromatic carbocycles. The molecule has 0 radical (unpaired) electrons. The van der Waals surface area contributed by atoms with Crippen molar-refractivity contribution in [3.63, 3.8) is 0 Å². The summed E-state index contributed by atoms with van der Waals surface area (Å²) in [7, 11) is 0. The lowest BCUT2D eigenvalue weighted by atomic mass is 10.1. The van der Waals surface area contributed by atoms with Crippen LogP contribution < -0.4 is 10.6 Å². The van der Waals surface area contributed by atoms with E-state index in [4.69, 9.17) is 10.4 Å². The van der Waals surface area contributed by atoms with Gasteiger partial charge in [0, 0.05) is 18.4 Å². The van der Waals surface area contributed by atoms with Crippen LogP contribution in [0.2, 0.25) is 0 Å². The molecule has 6 heteroatoms. The molecule has 0 atom stereocenters. The Morgan fingerprint density at radius 3 is 2.32 bits per heavy atom. The van der Waals surface area contributed by atoms with Crippen LogP contribution in [0.5, 0.6) is 0 Å². The lowest BCUT2D eigenvalue weighted by Crippen LogP contribution is -2.16. The van der Waals surface area contributed by atoms with E-state index in [1.54, 1.807) is 24.3 Å². The minimum atomic E-state index is -0.987. The van der Waals surface area contributed by atoms with Gasteiger partial charge in [-0.1, -0.05) is 29.8 Å². The van der Waals surface area contributed by atoms with Crippen LogP contribution in [0, 0.1) is 18.3 Å². The van der Waals surface area contributed by atoms with Gasteiger partial charge >= 0.3 is 5.97 Å². The van der Waals surface area contributed by atoms with Crippen molar-refractivity contribution < 1.29 is 14.7 Å².